The van der Waals surface area contributed by atoms with E-state index in [-0.39, 0.29) is 24.0 Å². The Balaban J connectivity index is 1.31. The van der Waals surface area contributed by atoms with E-state index in [9.17, 15) is 4.79 Å². The van der Waals surface area contributed by atoms with E-state index in [0.717, 1.165) is 37.2 Å². The molecule has 4 N–H and O–H groups in total. The first-order chi connectivity index (χ1) is 19.2. The topological polar surface area (TPSA) is 75.6 Å². The molecule has 1 amide bonds. The Morgan fingerprint density at radius 2 is 1.62 bits per heavy atom. The highest BCUT2D eigenvalue weighted by molar-refractivity contribution is 5.85. The second-order valence-electron chi connectivity index (χ2n) is 11.7. The van der Waals surface area contributed by atoms with E-state index in [0.29, 0.717) is 13.0 Å². The number of carbonyl (C=O) groups excluding carboxylic acids is 1. The lowest BCUT2D eigenvalue weighted by Gasteiger charge is -2.46. The summed E-state index contributed by atoms with van der Waals surface area (Å²) >= 11 is 0. The fraction of sp³-hybridized carbons (Fsp3) is 0.343. The Bertz CT molecular complexity index is 1460. The van der Waals surface area contributed by atoms with E-state index in [4.69, 9.17) is 11.5 Å². The normalized spacial score (nSPS) is 18.6. The van der Waals surface area contributed by atoms with Crippen LogP contribution in [-0.4, -0.2) is 53.5 Å². The Labute approximate surface area is 238 Å². The lowest BCUT2D eigenvalue weighted by molar-refractivity contribution is -0.136. The second-order valence-corrected chi connectivity index (χ2v) is 11.7. The summed E-state index contributed by atoms with van der Waals surface area (Å²) in [5.41, 5.74) is 19.7. The maximum atomic E-state index is 13.7. The third kappa shape index (κ3) is 6.72. The fourth-order valence-electron chi connectivity index (χ4n) is 6.15. The number of hydrogen-bond acceptors (Lipinski definition) is 4. The van der Waals surface area contributed by atoms with Crippen molar-refractivity contribution in [3.8, 4) is 0 Å². The third-order valence-electron chi connectivity index (χ3n) is 8.34. The predicted octanol–water partition coefficient (Wildman–Crippen LogP) is 5.30. The maximum Gasteiger partial charge on any atom is 0.227 e. The average molecular weight is 535 g/mol. The minimum atomic E-state index is 0.0161. The molecule has 208 valence electrons. The molecule has 1 heterocycles. The molecule has 1 fully saturated rings. The van der Waals surface area contributed by atoms with Crippen molar-refractivity contribution in [3.05, 3.63) is 113 Å². The van der Waals surface area contributed by atoms with Gasteiger partial charge in [0.25, 0.3) is 0 Å². The van der Waals surface area contributed by atoms with Gasteiger partial charge in [-0.25, -0.2) is 0 Å². The van der Waals surface area contributed by atoms with Gasteiger partial charge in [-0.1, -0.05) is 78.4 Å². The van der Waals surface area contributed by atoms with Crippen LogP contribution in [0.1, 0.15) is 34.7 Å². The van der Waals surface area contributed by atoms with Crippen LogP contribution in [0, 0.1) is 13.8 Å². The van der Waals surface area contributed by atoms with Crippen LogP contribution in [0.2, 0.25) is 0 Å². The number of rotatable bonds is 8. The molecule has 0 saturated carbocycles. The van der Waals surface area contributed by atoms with E-state index in [1.807, 2.05) is 24.3 Å². The molecule has 4 aromatic carbocycles. The Morgan fingerprint density at radius 3 is 2.38 bits per heavy atom. The molecule has 1 aliphatic rings. The number of carbonyl (C=O) groups is 1. The van der Waals surface area contributed by atoms with Crippen LogP contribution in [0.25, 0.3) is 10.8 Å². The zero-order valence-corrected chi connectivity index (χ0v) is 24.0. The van der Waals surface area contributed by atoms with E-state index in [2.05, 4.69) is 91.2 Å². The number of anilines is 1. The molecule has 3 atom stereocenters. The van der Waals surface area contributed by atoms with Gasteiger partial charge in [0.15, 0.2) is 0 Å². The molecular formula is C35H42N4O. The number of aryl methyl sites for hydroxylation is 2. The van der Waals surface area contributed by atoms with Gasteiger partial charge in [0, 0.05) is 43.4 Å². The summed E-state index contributed by atoms with van der Waals surface area (Å²) in [6, 6.07) is 29.7. The first-order valence-corrected chi connectivity index (χ1v) is 14.4. The zero-order chi connectivity index (χ0) is 28.2. The molecule has 0 bridgehead atoms. The van der Waals surface area contributed by atoms with Crippen LogP contribution < -0.4 is 11.5 Å². The molecule has 1 aliphatic heterocycles. The van der Waals surface area contributed by atoms with Crippen LogP contribution in [0.15, 0.2) is 84.9 Å². The molecule has 0 aromatic heterocycles. The average Bonchev–Trinajstić information content (AvgIpc) is 2.92. The highest BCUT2D eigenvalue weighted by Crippen LogP contribution is 2.23. The Kier molecular flexibility index (Phi) is 8.53. The number of nitrogens with zero attached hydrogens (tertiary/aromatic N) is 2. The highest BCUT2D eigenvalue weighted by atomic mass is 16.2. The standard InChI is InChI=1S/C35H42N4O/c1-24-8-12-30(25(2)16-24)20-33(37)22-38-21-26(3)39(23-34(38)18-27-10-14-32(36)15-11-27)35(40)19-28-9-13-29-6-4-5-7-31(29)17-28/h4-17,26,33-34H,18-23,36-37H2,1-3H3/t26-,33-,34+/m1/s1. The van der Waals surface area contributed by atoms with Crippen molar-refractivity contribution >= 4 is 22.4 Å². The SMILES string of the molecule is Cc1ccc(C[C@@H](N)CN2C[C@@H](C)N(C(=O)Cc3ccc4ccccc4c3)C[C@@H]2Cc2ccc(N)cc2)c(C)c1. The lowest BCUT2D eigenvalue weighted by Crippen LogP contribution is -2.61. The third-order valence-corrected chi connectivity index (χ3v) is 8.34. The summed E-state index contributed by atoms with van der Waals surface area (Å²) < 4.78 is 0. The van der Waals surface area contributed by atoms with Crippen molar-refractivity contribution in [2.75, 3.05) is 25.4 Å². The predicted molar refractivity (Wildman–Crippen MR) is 166 cm³/mol. The minimum Gasteiger partial charge on any atom is -0.399 e. The molecule has 0 unspecified atom stereocenters. The second kappa shape index (κ2) is 12.2. The van der Waals surface area contributed by atoms with Crippen LogP contribution in [0.3, 0.4) is 0 Å². The molecule has 0 radical (unpaired) electrons. The van der Waals surface area contributed by atoms with Crippen molar-refractivity contribution in [2.45, 2.75) is 58.2 Å². The molecule has 5 rings (SSSR count). The van der Waals surface area contributed by atoms with Crippen molar-refractivity contribution in [1.82, 2.24) is 9.80 Å². The van der Waals surface area contributed by atoms with E-state index >= 15 is 0 Å². The number of benzene rings is 4. The quantitative estimate of drug-likeness (QED) is 0.301. The summed E-state index contributed by atoms with van der Waals surface area (Å²) in [7, 11) is 0. The van der Waals surface area contributed by atoms with Crippen LogP contribution in [0.4, 0.5) is 5.69 Å². The summed E-state index contributed by atoms with van der Waals surface area (Å²) in [5.74, 6) is 0.185. The molecule has 5 heteroatoms. The van der Waals surface area contributed by atoms with E-state index in [1.165, 1.54) is 33.0 Å². The van der Waals surface area contributed by atoms with Crippen LogP contribution >= 0.6 is 0 Å². The van der Waals surface area contributed by atoms with Crippen molar-refractivity contribution in [2.24, 2.45) is 5.73 Å². The van der Waals surface area contributed by atoms with Gasteiger partial charge >= 0.3 is 0 Å². The summed E-state index contributed by atoms with van der Waals surface area (Å²) in [4.78, 5) is 18.3. The van der Waals surface area contributed by atoms with Gasteiger partial charge in [0.05, 0.1) is 6.42 Å². The highest BCUT2D eigenvalue weighted by Gasteiger charge is 2.34. The van der Waals surface area contributed by atoms with Crippen molar-refractivity contribution in [3.63, 3.8) is 0 Å². The maximum absolute atomic E-state index is 13.7. The van der Waals surface area contributed by atoms with E-state index in [1.54, 1.807) is 0 Å². The number of nitrogen functional groups attached to an aromatic ring is 1. The van der Waals surface area contributed by atoms with Gasteiger partial charge in [-0.15, -0.1) is 0 Å². The lowest BCUT2D eigenvalue weighted by atomic mass is 9.96. The largest absolute Gasteiger partial charge is 0.399 e. The van der Waals surface area contributed by atoms with Gasteiger partial charge in [-0.3, -0.25) is 9.69 Å². The molecule has 5 nitrogen and oxygen atoms in total. The number of piperazine rings is 1. The Morgan fingerprint density at radius 1 is 0.900 bits per heavy atom. The zero-order valence-electron chi connectivity index (χ0n) is 24.0. The molecule has 1 saturated heterocycles. The van der Waals surface area contributed by atoms with Gasteiger partial charge in [-0.05, 0) is 78.8 Å². The van der Waals surface area contributed by atoms with Gasteiger partial charge in [0.2, 0.25) is 5.91 Å². The van der Waals surface area contributed by atoms with Crippen LogP contribution in [0.5, 0.6) is 0 Å². The number of fused-ring (bicyclic) bond motifs is 1. The smallest absolute Gasteiger partial charge is 0.227 e. The first kappa shape index (κ1) is 27.9. The van der Waals surface area contributed by atoms with Crippen LogP contribution in [-0.2, 0) is 24.1 Å². The first-order valence-electron chi connectivity index (χ1n) is 14.4. The summed E-state index contributed by atoms with van der Waals surface area (Å²) in [5, 5.41) is 2.37. The number of hydrogen-bond donors (Lipinski definition) is 2. The molecule has 4 aromatic rings. The number of nitrogens with two attached hydrogens (primary N) is 2. The molecule has 40 heavy (non-hydrogen) atoms. The van der Waals surface area contributed by atoms with Crippen molar-refractivity contribution in [1.29, 1.82) is 0 Å². The Hall–Kier alpha value is -3.67. The van der Waals surface area contributed by atoms with Gasteiger partial charge < -0.3 is 16.4 Å². The molecular weight excluding hydrogens is 492 g/mol. The van der Waals surface area contributed by atoms with Gasteiger partial charge in [0.1, 0.15) is 0 Å². The molecule has 0 spiro atoms. The molecule has 0 aliphatic carbocycles. The fourth-order valence-corrected chi connectivity index (χ4v) is 6.15. The van der Waals surface area contributed by atoms with E-state index < -0.39 is 0 Å². The van der Waals surface area contributed by atoms with Crippen molar-refractivity contribution < 1.29 is 4.79 Å². The number of amides is 1. The van der Waals surface area contributed by atoms with Gasteiger partial charge in [-0.2, -0.15) is 0 Å². The summed E-state index contributed by atoms with van der Waals surface area (Å²) in [6.45, 7) is 8.75. The summed E-state index contributed by atoms with van der Waals surface area (Å²) in [6.07, 6.45) is 2.11. The minimum absolute atomic E-state index is 0.0161. The monoisotopic (exact) mass is 534 g/mol.